The molecule has 3 atom stereocenters. The summed E-state index contributed by atoms with van der Waals surface area (Å²) in [6.45, 7) is 1.97. The molecule has 2 heterocycles. The molecule has 5 rings (SSSR count). The van der Waals surface area contributed by atoms with Gasteiger partial charge >= 0.3 is 0 Å². The SMILES string of the molecule is CC1CC1C(c1csc2ccccc12)N(C)C(=O)CN1C(=O)c2ccccc2C1=O. The van der Waals surface area contributed by atoms with Crippen LogP contribution in [0.5, 0.6) is 0 Å². The highest BCUT2D eigenvalue weighted by Gasteiger charge is 2.45. The summed E-state index contributed by atoms with van der Waals surface area (Å²) in [5, 5.41) is 3.32. The normalized spacial score (nSPS) is 21.1. The lowest BCUT2D eigenvalue weighted by Gasteiger charge is -2.30. The maximum atomic E-state index is 13.2. The first-order valence-corrected chi connectivity index (χ1v) is 11.0. The van der Waals surface area contributed by atoms with Gasteiger partial charge in [0.2, 0.25) is 5.91 Å². The van der Waals surface area contributed by atoms with Crippen molar-refractivity contribution in [2.45, 2.75) is 19.4 Å². The molecule has 3 aromatic rings. The molecule has 1 aliphatic heterocycles. The largest absolute Gasteiger partial charge is 0.337 e. The van der Waals surface area contributed by atoms with Crippen LogP contribution in [0, 0.1) is 11.8 Å². The number of thiophene rings is 1. The highest BCUT2D eigenvalue weighted by Crippen LogP contribution is 2.51. The van der Waals surface area contributed by atoms with Gasteiger partial charge in [-0.1, -0.05) is 37.3 Å². The van der Waals surface area contributed by atoms with Crippen LogP contribution >= 0.6 is 11.3 Å². The fraction of sp³-hybridized carbons (Fsp3) is 0.292. The Balaban J connectivity index is 1.42. The Hall–Kier alpha value is -2.99. The molecule has 30 heavy (non-hydrogen) atoms. The summed E-state index contributed by atoms with van der Waals surface area (Å²) in [5.74, 6) is -0.0735. The molecular weight excluding hydrogens is 396 g/mol. The van der Waals surface area contributed by atoms with Crippen molar-refractivity contribution in [3.8, 4) is 0 Å². The minimum Gasteiger partial charge on any atom is -0.337 e. The van der Waals surface area contributed by atoms with Gasteiger partial charge in [-0.3, -0.25) is 19.3 Å². The van der Waals surface area contributed by atoms with Crippen LogP contribution < -0.4 is 0 Å². The predicted molar refractivity (Wildman–Crippen MR) is 116 cm³/mol. The van der Waals surface area contributed by atoms with Gasteiger partial charge in [0.1, 0.15) is 6.54 Å². The molecule has 0 radical (unpaired) electrons. The third-order valence-electron chi connectivity index (χ3n) is 6.39. The summed E-state index contributed by atoms with van der Waals surface area (Å²) < 4.78 is 1.20. The number of hydrogen-bond donors (Lipinski definition) is 0. The van der Waals surface area contributed by atoms with E-state index in [2.05, 4.69) is 24.4 Å². The van der Waals surface area contributed by atoms with Crippen molar-refractivity contribution in [1.82, 2.24) is 9.80 Å². The van der Waals surface area contributed by atoms with Crippen molar-refractivity contribution in [3.63, 3.8) is 0 Å². The molecule has 1 aliphatic carbocycles. The fourth-order valence-corrected chi connectivity index (χ4v) is 5.52. The second-order valence-electron chi connectivity index (χ2n) is 8.26. The number of likely N-dealkylation sites (N-methyl/N-ethyl adjacent to an activating group) is 1. The third kappa shape index (κ3) is 2.94. The first-order valence-electron chi connectivity index (χ1n) is 10.1. The minimum absolute atomic E-state index is 0.0566. The molecule has 1 fully saturated rings. The molecule has 0 spiro atoms. The van der Waals surface area contributed by atoms with Crippen molar-refractivity contribution in [2.75, 3.05) is 13.6 Å². The van der Waals surface area contributed by atoms with Crippen molar-refractivity contribution in [2.24, 2.45) is 11.8 Å². The molecule has 6 heteroatoms. The van der Waals surface area contributed by atoms with Crippen LogP contribution in [-0.4, -0.2) is 41.1 Å². The van der Waals surface area contributed by atoms with Gasteiger partial charge in [0.25, 0.3) is 11.8 Å². The lowest BCUT2D eigenvalue weighted by atomic mass is 9.99. The molecule has 2 aliphatic rings. The van der Waals surface area contributed by atoms with E-state index in [9.17, 15) is 14.4 Å². The Morgan fingerprint density at radius 2 is 1.70 bits per heavy atom. The van der Waals surface area contributed by atoms with Gasteiger partial charge in [0, 0.05) is 11.7 Å². The van der Waals surface area contributed by atoms with E-state index in [-0.39, 0.29) is 18.5 Å². The zero-order chi connectivity index (χ0) is 21.0. The Labute approximate surface area is 178 Å². The summed E-state index contributed by atoms with van der Waals surface area (Å²) in [4.78, 5) is 41.4. The Morgan fingerprint density at radius 3 is 2.33 bits per heavy atom. The highest BCUT2D eigenvalue weighted by atomic mass is 32.1. The van der Waals surface area contributed by atoms with Crippen molar-refractivity contribution < 1.29 is 14.4 Å². The molecule has 3 amide bonds. The van der Waals surface area contributed by atoms with E-state index >= 15 is 0 Å². The van der Waals surface area contributed by atoms with E-state index in [1.54, 1.807) is 47.5 Å². The van der Waals surface area contributed by atoms with Gasteiger partial charge in [-0.05, 0) is 52.8 Å². The van der Waals surface area contributed by atoms with Crippen molar-refractivity contribution in [3.05, 3.63) is 70.6 Å². The van der Waals surface area contributed by atoms with Gasteiger partial charge in [-0.15, -0.1) is 11.3 Å². The fourth-order valence-electron chi connectivity index (χ4n) is 4.53. The number of nitrogens with zero attached hydrogens (tertiary/aromatic N) is 2. The quantitative estimate of drug-likeness (QED) is 0.579. The van der Waals surface area contributed by atoms with Crippen LogP contribution in [0.2, 0.25) is 0 Å². The van der Waals surface area contributed by atoms with Gasteiger partial charge in [-0.2, -0.15) is 0 Å². The molecule has 0 bridgehead atoms. The number of carbonyl (C=O) groups excluding carboxylic acids is 3. The molecule has 5 nitrogen and oxygen atoms in total. The first-order chi connectivity index (χ1) is 14.5. The number of rotatable bonds is 5. The van der Waals surface area contributed by atoms with E-state index in [1.807, 2.05) is 12.1 Å². The zero-order valence-electron chi connectivity index (χ0n) is 16.9. The van der Waals surface area contributed by atoms with Crippen molar-refractivity contribution in [1.29, 1.82) is 0 Å². The third-order valence-corrected chi connectivity index (χ3v) is 7.37. The predicted octanol–water partition coefficient (Wildman–Crippen LogP) is 4.35. The Kier molecular flexibility index (Phi) is 4.47. The molecule has 3 unspecified atom stereocenters. The second-order valence-corrected chi connectivity index (χ2v) is 9.17. The second kappa shape index (κ2) is 7.06. The summed E-state index contributed by atoms with van der Waals surface area (Å²) in [6.07, 6.45) is 1.07. The van der Waals surface area contributed by atoms with Crippen LogP contribution in [-0.2, 0) is 4.79 Å². The maximum Gasteiger partial charge on any atom is 0.262 e. The first kappa shape index (κ1) is 19.0. The monoisotopic (exact) mass is 418 g/mol. The molecule has 152 valence electrons. The standard InChI is InChI=1S/C24H22N2O3S/c1-14-11-18(14)22(19-13-30-20-10-6-5-7-15(19)20)25(2)21(27)12-26-23(28)16-8-3-4-9-17(16)24(26)29/h3-10,13-14,18,22H,11-12H2,1-2H3. The number of hydrogen-bond acceptors (Lipinski definition) is 4. The molecule has 0 N–H and O–H groups in total. The summed E-state index contributed by atoms with van der Waals surface area (Å²) in [6, 6.07) is 14.9. The van der Waals surface area contributed by atoms with Crippen LogP contribution in [0.3, 0.4) is 0 Å². The van der Waals surface area contributed by atoms with E-state index in [1.165, 1.54) is 10.1 Å². The average Bonchev–Trinajstić information content (AvgIpc) is 3.24. The van der Waals surface area contributed by atoms with Gasteiger partial charge in [0.05, 0.1) is 17.2 Å². The number of benzene rings is 2. The van der Waals surface area contributed by atoms with Gasteiger partial charge < -0.3 is 4.90 Å². The maximum absolute atomic E-state index is 13.2. The lowest BCUT2D eigenvalue weighted by Crippen LogP contribution is -2.43. The number of imide groups is 1. The van der Waals surface area contributed by atoms with Crippen LogP contribution in [0.4, 0.5) is 0 Å². The zero-order valence-corrected chi connectivity index (χ0v) is 17.7. The van der Waals surface area contributed by atoms with Gasteiger partial charge in [0.15, 0.2) is 0 Å². The van der Waals surface area contributed by atoms with E-state index in [4.69, 9.17) is 0 Å². The number of fused-ring (bicyclic) bond motifs is 2. The Bertz CT molecular complexity index is 1150. The number of carbonyl (C=O) groups is 3. The molecule has 0 saturated heterocycles. The summed E-state index contributed by atoms with van der Waals surface area (Å²) >= 11 is 1.69. The van der Waals surface area contributed by atoms with E-state index in [0.717, 1.165) is 16.9 Å². The Morgan fingerprint density at radius 1 is 1.10 bits per heavy atom. The minimum atomic E-state index is -0.394. The molecule has 1 aromatic heterocycles. The van der Waals surface area contributed by atoms with Crippen LogP contribution in [0.15, 0.2) is 53.9 Å². The van der Waals surface area contributed by atoms with Crippen LogP contribution in [0.25, 0.3) is 10.1 Å². The van der Waals surface area contributed by atoms with Crippen LogP contribution in [0.1, 0.15) is 45.7 Å². The number of amides is 3. The topological polar surface area (TPSA) is 57.7 Å². The van der Waals surface area contributed by atoms with E-state index in [0.29, 0.717) is 23.0 Å². The highest BCUT2D eigenvalue weighted by molar-refractivity contribution is 7.17. The summed E-state index contributed by atoms with van der Waals surface area (Å²) in [7, 11) is 1.79. The average molecular weight is 419 g/mol. The molecular formula is C24H22N2O3S. The van der Waals surface area contributed by atoms with Gasteiger partial charge in [-0.25, -0.2) is 0 Å². The lowest BCUT2D eigenvalue weighted by molar-refractivity contribution is -0.132. The van der Waals surface area contributed by atoms with Crippen molar-refractivity contribution >= 4 is 39.1 Å². The smallest absolute Gasteiger partial charge is 0.262 e. The molecule has 1 saturated carbocycles. The van der Waals surface area contributed by atoms with E-state index < -0.39 is 11.8 Å². The summed E-state index contributed by atoms with van der Waals surface area (Å²) in [5.41, 5.74) is 1.89. The molecule has 2 aromatic carbocycles.